The van der Waals surface area contributed by atoms with Gasteiger partial charge < -0.3 is 5.32 Å². The van der Waals surface area contributed by atoms with Crippen LogP contribution in [0.4, 0.5) is 5.82 Å². The van der Waals surface area contributed by atoms with Crippen molar-refractivity contribution in [2.75, 3.05) is 12.4 Å². The summed E-state index contributed by atoms with van der Waals surface area (Å²) < 4.78 is 0. The number of anilines is 1. The SMILES string of the molecule is CNc1n[nH]c2c1CCC2C. The van der Waals surface area contributed by atoms with Gasteiger partial charge in [-0.1, -0.05) is 6.92 Å². The second kappa shape index (κ2) is 2.26. The number of H-pyrrole nitrogens is 1. The lowest BCUT2D eigenvalue weighted by Crippen LogP contribution is -1.91. The third kappa shape index (κ3) is 0.836. The Morgan fingerprint density at radius 1 is 1.64 bits per heavy atom. The highest BCUT2D eigenvalue weighted by atomic mass is 15.2. The molecule has 0 aromatic carbocycles. The maximum Gasteiger partial charge on any atom is 0.151 e. The summed E-state index contributed by atoms with van der Waals surface area (Å²) in [6.07, 6.45) is 2.43. The van der Waals surface area contributed by atoms with E-state index in [0.717, 1.165) is 5.82 Å². The number of nitrogens with one attached hydrogen (secondary N) is 2. The van der Waals surface area contributed by atoms with Gasteiger partial charge in [-0.25, -0.2) is 0 Å². The zero-order valence-corrected chi connectivity index (χ0v) is 6.94. The van der Waals surface area contributed by atoms with Gasteiger partial charge in [-0.3, -0.25) is 5.10 Å². The lowest BCUT2D eigenvalue weighted by Gasteiger charge is -1.95. The van der Waals surface area contributed by atoms with Crippen LogP contribution in [-0.4, -0.2) is 17.2 Å². The molecular formula is C8H13N3. The molecular weight excluding hydrogens is 138 g/mol. The Morgan fingerprint density at radius 2 is 2.45 bits per heavy atom. The predicted octanol–water partition coefficient (Wildman–Crippen LogP) is 1.50. The smallest absolute Gasteiger partial charge is 0.151 e. The minimum Gasteiger partial charge on any atom is -0.371 e. The van der Waals surface area contributed by atoms with E-state index in [9.17, 15) is 0 Å². The molecule has 0 amide bonds. The molecule has 1 atom stereocenters. The molecule has 2 rings (SSSR count). The lowest BCUT2D eigenvalue weighted by molar-refractivity contribution is 0.716. The van der Waals surface area contributed by atoms with E-state index in [0.29, 0.717) is 5.92 Å². The van der Waals surface area contributed by atoms with Crippen LogP contribution >= 0.6 is 0 Å². The number of fused-ring (bicyclic) bond motifs is 1. The van der Waals surface area contributed by atoms with Crippen LogP contribution in [0.5, 0.6) is 0 Å². The van der Waals surface area contributed by atoms with Crippen LogP contribution in [0.25, 0.3) is 0 Å². The molecule has 1 heterocycles. The topological polar surface area (TPSA) is 40.7 Å². The van der Waals surface area contributed by atoms with E-state index in [2.05, 4.69) is 22.4 Å². The first kappa shape index (κ1) is 6.70. The van der Waals surface area contributed by atoms with Gasteiger partial charge in [-0.05, 0) is 18.8 Å². The van der Waals surface area contributed by atoms with Crippen LogP contribution in [0.1, 0.15) is 30.5 Å². The van der Waals surface area contributed by atoms with Gasteiger partial charge in [0.05, 0.1) is 0 Å². The van der Waals surface area contributed by atoms with Crippen molar-refractivity contribution in [2.45, 2.75) is 25.7 Å². The lowest BCUT2D eigenvalue weighted by atomic mass is 10.1. The van der Waals surface area contributed by atoms with Gasteiger partial charge in [0.15, 0.2) is 5.82 Å². The minimum absolute atomic E-state index is 0.666. The largest absolute Gasteiger partial charge is 0.371 e. The molecule has 0 saturated carbocycles. The van der Waals surface area contributed by atoms with Crippen LogP contribution in [0.2, 0.25) is 0 Å². The normalized spacial score (nSPS) is 21.8. The van der Waals surface area contributed by atoms with Crippen molar-refractivity contribution < 1.29 is 0 Å². The number of nitrogens with zero attached hydrogens (tertiary/aromatic N) is 1. The first-order chi connectivity index (χ1) is 5.33. The molecule has 0 spiro atoms. The van der Waals surface area contributed by atoms with E-state index < -0.39 is 0 Å². The maximum absolute atomic E-state index is 4.17. The third-order valence-electron chi connectivity index (χ3n) is 2.46. The van der Waals surface area contributed by atoms with E-state index in [1.807, 2.05) is 7.05 Å². The fourth-order valence-corrected chi connectivity index (χ4v) is 1.75. The average Bonchev–Trinajstić information content (AvgIpc) is 2.53. The molecule has 60 valence electrons. The van der Waals surface area contributed by atoms with Crippen LogP contribution in [0, 0.1) is 0 Å². The molecule has 3 heteroatoms. The average molecular weight is 151 g/mol. The first-order valence-corrected chi connectivity index (χ1v) is 4.08. The predicted molar refractivity (Wildman–Crippen MR) is 44.9 cm³/mol. The van der Waals surface area contributed by atoms with Crippen molar-refractivity contribution in [1.29, 1.82) is 0 Å². The second-order valence-electron chi connectivity index (χ2n) is 3.15. The van der Waals surface area contributed by atoms with Crippen LogP contribution in [0.3, 0.4) is 0 Å². The van der Waals surface area contributed by atoms with E-state index in [1.54, 1.807) is 0 Å². The van der Waals surface area contributed by atoms with Gasteiger partial charge in [0.25, 0.3) is 0 Å². The summed E-state index contributed by atoms with van der Waals surface area (Å²) >= 11 is 0. The van der Waals surface area contributed by atoms with Gasteiger partial charge in [-0.15, -0.1) is 0 Å². The van der Waals surface area contributed by atoms with Crippen molar-refractivity contribution in [3.63, 3.8) is 0 Å². The third-order valence-corrected chi connectivity index (χ3v) is 2.46. The molecule has 1 aliphatic carbocycles. The molecule has 11 heavy (non-hydrogen) atoms. The fourth-order valence-electron chi connectivity index (χ4n) is 1.75. The summed E-state index contributed by atoms with van der Waals surface area (Å²) in [4.78, 5) is 0. The molecule has 0 aliphatic heterocycles. The minimum atomic E-state index is 0.666. The van der Waals surface area contributed by atoms with Crippen molar-refractivity contribution in [3.8, 4) is 0 Å². The Morgan fingerprint density at radius 3 is 3.18 bits per heavy atom. The van der Waals surface area contributed by atoms with Gasteiger partial charge >= 0.3 is 0 Å². The summed E-state index contributed by atoms with van der Waals surface area (Å²) in [5, 5.41) is 10.3. The Labute approximate surface area is 66.2 Å². The fraction of sp³-hybridized carbons (Fsp3) is 0.625. The maximum atomic E-state index is 4.17. The highest BCUT2D eigenvalue weighted by Gasteiger charge is 2.23. The zero-order chi connectivity index (χ0) is 7.84. The molecule has 0 radical (unpaired) electrons. The monoisotopic (exact) mass is 151 g/mol. The quantitative estimate of drug-likeness (QED) is 0.638. The molecule has 3 nitrogen and oxygen atoms in total. The van der Waals surface area contributed by atoms with Gasteiger partial charge in [0.2, 0.25) is 0 Å². The van der Waals surface area contributed by atoms with E-state index in [1.165, 1.54) is 24.1 Å². The van der Waals surface area contributed by atoms with Crippen molar-refractivity contribution in [1.82, 2.24) is 10.2 Å². The first-order valence-electron chi connectivity index (χ1n) is 4.08. The Hall–Kier alpha value is -0.990. The van der Waals surface area contributed by atoms with E-state index >= 15 is 0 Å². The number of hydrogen-bond donors (Lipinski definition) is 2. The summed E-state index contributed by atoms with van der Waals surface area (Å²) in [6, 6.07) is 0. The summed E-state index contributed by atoms with van der Waals surface area (Å²) in [5.74, 6) is 1.70. The number of aromatic amines is 1. The van der Waals surface area contributed by atoms with Crippen molar-refractivity contribution in [2.24, 2.45) is 0 Å². The molecule has 0 saturated heterocycles. The molecule has 1 aromatic heterocycles. The molecule has 2 N–H and O–H groups in total. The highest BCUT2D eigenvalue weighted by Crippen LogP contribution is 2.34. The molecule has 0 fully saturated rings. The summed E-state index contributed by atoms with van der Waals surface area (Å²) in [7, 11) is 1.92. The number of rotatable bonds is 1. The van der Waals surface area contributed by atoms with Crippen LogP contribution < -0.4 is 5.32 Å². The van der Waals surface area contributed by atoms with E-state index in [4.69, 9.17) is 0 Å². The van der Waals surface area contributed by atoms with Gasteiger partial charge in [-0.2, -0.15) is 5.10 Å². The Kier molecular flexibility index (Phi) is 1.37. The highest BCUT2D eigenvalue weighted by molar-refractivity contribution is 5.49. The van der Waals surface area contributed by atoms with Crippen LogP contribution in [-0.2, 0) is 6.42 Å². The summed E-state index contributed by atoms with van der Waals surface area (Å²) in [6.45, 7) is 2.24. The molecule has 1 unspecified atom stereocenters. The number of aromatic nitrogens is 2. The van der Waals surface area contributed by atoms with Crippen molar-refractivity contribution in [3.05, 3.63) is 11.3 Å². The molecule has 1 aliphatic rings. The van der Waals surface area contributed by atoms with Gasteiger partial charge in [0.1, 0.15) is 0 Å². The molecule has 1 aromatic rings. The van der Waals surface area contributed by atoms with Crippen LogP contribution in [0.15, 0.2) is 0 Å². The number of hydrogen-bond acceptors (Lipinski definition) is 2. The van der Waals surface area contributed by atoms with E-state index in [-0.39, 0.29) is 0 Å². The standard InChI is InChI=1S/C8H13N3/c1-5-3-4-6-7(5)10-11-8(6)9-2/h5H,3-4H2,1-2H3,(H2,9,10,11). The second-order valence-corrected chi connectivity index (χ2v) is 3.15. The van der Waals surface area contributed by atoms with Crippen molar-refractivity contribution >= 4 is 5.82 Å². The zero-order valence-electron chi connectivity index (χ0n) is 6.94. The van der Waals surface area contributed by atoms with Gasteiger partial charge in [0, 0.05) is 18.3 Å². The summed E-state index contributed by atoms with van der Waals surface area (Å²) in [5.41, 5.74) is 2.72. The molecule has 0 bridgehead atoms. The Balaban J connectivity index is 2.44. The Bertz CT molecular complexity index is 264.